The van der Waals surface area contributed by atoms with Crippen molar-refractivity contribution in [2.75, 3.05) is 43.0 Å². The van der Waals surface area contributed by atoms with Gasteiger partial charge in [-0.25, -0.2) is 18.4 Å². The van der Waals surface area contributed by atoms with Crippen molar-refractivity contribution >= 4 is 32.7 Å². The van der Waals surface area contributed by atoms with Gasteiger partial charge in [0.25, 0.3) is 10.0 Å². The minimum Gasteiger partial charge on any atom is -0.486 e. The number of hydrogen-bond donors (Lipinski definition) is 2. The lowest BCUT2D eigenvalue weighted by Crippen LogP contribution is -2.25. The Bertz CT molecular complexity index is 1140. The zero-order valence-corrected chi connectivity index (χ0v) is 16.5. The molecule has 0 saturated heterocycles. The fourth-order valence-corrected chi connectivity index (χ4v) is 3.99. The Hall–Kier alpha value is -3.11. The monoisotopic (exact) mass is 416 g/mol. The third kappa shape index (κ3) is 3.89. The van der Waals surface area contributed by atoms with Crippen LogP contribution in [0.25, 0.3) is 11.0 Å². The number of rotatable bonds is 6. The van der Waals surface area contributed by atoms with Crippen LogP contribution in [0.5, 0.6) is 11.5 Å². The van der Waals surface area contributed by atoms with E-state index in [1.165, 1.54) is 12.1 Å². The number of sulfonamides is 1. The molecule has 0 atom stereocenters. The number of fused-ring (bicyclic) bond motifs is 2. The van der Waals surface area contributed by atoms with Gasteiger partial charge in [0.15, 0.2) is 23.1 Å². The van der Waals surface area contributed by atoms with Gasteiger partial charge in [-0.05, 0) is 12.1 Å². The highest BCUT2D eigenvalue weighted by Crippen LogP contribution is 2.35. The Morgan fingerprint density at radius 1 is 1.07 bits per heavy atom. The van der Waals surface area contributed by atoms with Gasteiger partial charge in [0, 0.05) is 25.7 Å². The second-order valence-corrected chi connectivity index (χ2v) is 8.13. The molecule has 0 saturated carbocycles. The number of aromatic nitrogens is 2. The molecule has 29 heavy (non-hydrogen) atoms. The molecule has 2 heterocycles. The molecule has 1 aromatic heterocycles. The van der Waals surface area contributed by atoms with Crippen molar-refractivity contribution in [2.45, 2.75) is 4.90 Å². The first-order valence-electron chi connectivity index (χ1n) is 8.99. The zero-order valence-electron chi connectivity index (χ0n) is 15.7. The topological polar surface area (TPSA) is 114 Å². The Kier molecular flexibility index (Phi) is 5.12. The first kappa shape index (κ1) is 19.2. The van der Waals surface area contributed by atoms with E-state index in [1.807, 2.05) is 0 Å². The lowest BCUT2D eigenvalue weighted by Gasteiger charge is -2.22. The third-order valence-corrected chi connectivity index (χ3v) is 5.75. The molecule has 1 aliphatic rings. The number of aliphatic hydroxyl groups excluding tert-OH is 1. The number of likely N-dealkylation sites (N-methyl/N-ethyl adjacent to an activating group) is 1. The van der Waals surface area contributed by atoms with Crippen LogP contribution in [0, 0.1) is 0 Å². The van der Waals surface area contributed by atoms with E-state index in [1.54, 1.807) is 42.3 Å². The molecule has 0 amide bonds. The van der Waals surface area contributed by atoms with Crippen LogP contribution in [0.4, 0.5) is 11.6 Å². The van der Waals surface area contributed by atoms with Crippen molar-refractivity contribution in [1.82, 2.24) is 9.97 Å². The Balaban J connectivity index is 1.82. The molecule has 2 N–H and O–H groups in total. The van der Waals surface area contributed by atoms with Crippen LogP contribution < -0.4 is 19.1 Å². The fraction of sp³-hybridized carbons (Fsp3) is 0.263. The first-order chi connectivity index (χ1) is 14.0. The van der Waals surface area contributed by atoms with Crippen LogP contribution in [0.1, 0.15) is 0 Å². The van der Waals surface area contributed by atoms with E-state index < -0.39 is 10.0 Å². The Labute approximate surface area is 168 Å². The standard InChI is InChI=1S/C19H20N4O5S/c1-23(7-8-24)19-18(22-29(25,26)13-5-3-2-4-6-13)20-14-11-16-17(12-15(14)21-19)28-10-9-27-16/h2-6,11-12,24H,7-10H2,1H3,(H,20,22). The van der Waals surface area contributed by atoms with E-state index in [-0.39, 0.29) is 23.9 Å². The summed E-state index contributed by atoms with van der Waals surface area (Å²) in [5.74, 6) is 1.45. The summed E-state index contributed by atoms with van der Waals surface area (Å²) in [6.45, 7) is 1.00. The molecule has 0 unspecified atom stereocenters. The lowest BCUT2D eigenvalue weighted by atomic mass is 10.2. The summed E-state index contributed by atoms with van der Waals surface area (Å²) in [6.07, 6.45) is 0. The van der Waals surface area contributed by atoms with Gasteiger partial charge in [0.05, 0.1) is 22.5 Å². The maximum absolute atomic E-state index is 12.8. The second-order valence-electron chi connectivity index (χ2n) is 6.44. The maximum Gasteiger partial charge on any atom is 0.263 e. The average molecular weight is 416 g/mol. The quantitative estimate of drug-likeness (QED) is 0.623. The van der Waals surface area contributed by atoms with Crippen molar-refractivity contribution in [3.8, 4) is 11.5 Å². The van der Waals surface area contributed by atoms with Gasteiger partial charge in [-0.3, -0.25) is 4.72 Å². The summed E-state index contributed by atoms with van der Waals surface area (Å²) in [5, 5.41) is 9.31. The molecule has 3 aromatic rings. The van der Waals surface area contributed by atoms with E-state index in [0.29, 0.717) is 41.6 Å². The van der Waals surface area contributed by atoms with E-state index in [9.17, 15) is 13.5 Å². The molecule has 4 rings (SSSR count). The van der Waals surface area contributed by atoms with Gasteiger partial charge in [0.1, 0.15) is 13.2 Å². The third-order valence-electron chi connectivity index (χ3n) is 4.39. The molecule has 0 radical (unpaired) electrons. The van der Waals surface area contributed by atoms with E-state index >= 15 is 0 Å². The molecule has 9 nitrogen and oxygen atoms in total. The van der Waals surface area contributed by atoms with Crippen molar-refractivity contribution < 1.29 is 23.0 Å². The SMILES string of the molecule is CN(CCO)c1nc2cc3c(cc2nc1NS(=O)(=O)c1ccccc1)OCCO3. The number of anilines is 2. The number of ether oxygens (including phenoxy) is 2. The predicted octanol–water partition coefficient (Wildman–Crippen LogP) is 1.63. The van der Waals surface area contributed by atoms with E-state index in [0.717, 1.165) is 0 Å². The highest BCUT2D eigenvalue weighted by molar-refractivity contribution is 7.92. The van der Waals surface area contributed by atoms with Crippen LogP contribution in [0.3, 0.4) is 0 Å². The van der Waals surface area contributed by atoms with Crippen LogP contribution >= 0.6 is 0 Å². The van der Waals surface area contributed by atoms with Gasteiger partial charge < -0.3 is 19.5 Å². The molecule has 0 fully saturated rings. The summed E-state index contributed by atoms with van der Waals surface area (Å²) in [5.41, 5.74) is 0.984. The lowest BCUT2D eigenvalue weighted by molar-refractivity contribution is 0.172. The number of hydrogen-bond acceptors (Lipinski definition) is 8. The normalized spacial score (nSPS) is 13.3. The molecule has 0 aliphatic carbocycles. The molecular weight excluding hydrogens is 396 g/mol. The van der Waals surface area contributed by atoms with Crippen LogP contribution in [-0.2, 0) is 10.0 Å². The summed E-state index contributed by atoms with van der Waals surface area (Å²) in [6, 6.07) is 11.4. The number of benzene rings is 2. The number of nitrogens with zero attached hydrogens (tertiary/aromatic N) is 3. The summed E-state index contributed by atoms with van der Waals surface area (Å²) in [7, 11) is -2.17. The molecule has 0 spiro atoms. The fourth-order valence-electron chi connectivity index (χ4n) is 2.96. The Morgan fingerprint density at radius 2 is 1.69 bits per heavy atom. The van der Waals surface area contributed by atoms with Crippen LogP contribution in [0.2, 0.25) is 0 Å². The maximum atomic E-state index is 12.8. The minimum atomic E-state index is -3.87. The van der Waals surface area contributed by atoms with Crippen molar-refractivity contribution in [1.29, 1.82) is 0 Å². The number of nitrogens with one attached hydrogen (secondary N) is 1. The van der Waals surface area contributed by atoms with Crippen molar-refractivity contribution in [3.05, 3.63) is 42.5 Å². The molecule has 10 heteroatoms. The van der Waals surface area contributed by atoms with Gasteiger partial charge >= 0.3 is 0 Å². The average Bonchev–Trinajstić information content (AvgIpc) is 2.72. The van der Waals surface area contributed by atoms with Crippen molar-refractivity contribution in [2.24, 2.45) is 0 Å². The van der Waals surface area contributed by atoms with Crippen molar-refractivity contribution in [3.63, 3.8) is 0 Å². The van der Waals surface area contributed by atoms with Gasteiger partial charge in [-0.15, -0.1) is 0 Å². The zero-order chi connectivity index (χ0) is 20.4. The molecular formula is C19H20N4O5S. The highest BCUT2D eigenvalue weighted by atomic mass is 32.2. The largest absolute Gasteiger partial charge is 0.486 e. The summed E-state index contributed by atoms with van der Waals surface area (Å²) < 4.78 is 39.3. The first-order valence-corrected chi connectivity index (χ1v) is 10.5. The number of aliphatic hydroxyl groups is 1. The summed E-state index contributed by atoms with van der Waals surface area (Å²) in [4.78, 5) is 10.8. The van der Waals surface area contributed by atoms with Crippen LogP contribution in [0.15, 0.2) is 47.4 Å². The molecule has 152 valence electrons. The van der Waals surface area contributed by atoms with E-state index in [4.69, 9.17) is 9.47 Å². The summed E-state index contributed by atoms with van der Waals surface area (Å²) >= 11 is 0. The smallest absolute Gasteiger partial charge is 0.263 e. The second kappa shape index (κ2) is 7.72. The van der Waals surface area contributed by atoms with Gasteiger partial charge in [-0.1, -0.05) is 18.2 Å². The molecule has 1 aliphatic heterocycles. The van der Waals surface area contributed by atoms with Crippen LogP contribution in [-0.4, -0.2) is 56.9 Å². The Morgan fingerprint density at radius 3 is 2.31 bits per heavy atom. The molecule has 0 bridgehead atoms. The predicted molar refractivity (Wildman–Crippen MR) is 108 cm³/mol. The van der Waals surface area contributed by atoms with Gasteiger partial charge in [0.2, 0.25) is 0 Å². The van der Waals surface area contributed by atoms with Gasteiger partial charge in [-0.2, -0.15) is 0 Å². The molecule has 2 aromatic carbocycles. The highest BCUT2D eigenvalue weighted by Gasteiger charge is 2.22. The van der Waals surface area contributed by atoms with E-state index in [2.05, 4.69) is 14.7 Å². The minimum absolute atomic E-state index is 0.0639.